The maximum absolute atomic E-state index is 11.8. The number of ether oxygens (including phenoxy) is 2. The molecule has 2 aromatic carbocycles. The first-order valence-corrected chi connectivity index (χ1v) is 9.01. The maximum Gasteiger partial charge on any atom is 0.336 e. The van der Waals surface area contributed by atoms with Crippen molar-refractivity contribution in [3.63, 3.8) is 0 Å². The standard InChI is InChI=1S/C21H21NO7/c1-12(9-13-5-3-2-4-6-13)22-11-16(24)14-10-15(23)21-19(27)20(14)28-17(25)7-8-18(26)29-21/h2-8,10,12,16,22-24,27H,9,11H2,1H3/b8-7+/t12-,16+/m1/s1. The number of aliphatic hydroxyl groups excluding tert-OH is 1. The van der Waals surface area contributed by atoms with Crippen LogP contribution >= 0.6 is 0 Å². The van der Waals surface area contributed by atoms with E-state index in [1.54, 1.807) is 0 Å². The van der Waals surface area contributed by atoms with Gasteiger partial charge in [0.05, 0.1) is 6.10 Å². The number of rotatable bonds is 6. The normalized spacial score (nSPS) is 16.6. The minimum absolute atomic E-state index is 0.0190. The Morgan fingerprint density at radius 3 is 2.28 bits per heavy atom. The number of esters is 2. The summed E-state index contributed by atoms with van der Waals surface area (Å²) >= 11 is 0. The quantitative estimate of drug-likeness (QED) is 0.428. The summed E-state index contributed by atoms with van der Waals surface area (Å²) < 4.78 is 9.89. The highest BCUT2D eigenvalue weighted by atomic mass is 16.6. The number of phenolic OH excluding ortho intramolecular Hbond substituents is 2. The number of fused-ring (bicyclic) bond motifs is 2. The van der Waals surface area contributed by atoms with E-state index in [9.17, 15) is 24.9 Å². The number of hydrogen-bond acceptors (Lipinski definition) is 8. The van der Waals surface area contributed by atoms with Gasteiger partial charge in [-0.15, -0.1) is 0 Å². The van der Waals surface area contributed by atoms with Crippen molar-refractivity contribution in [2.24, 2.45) is 0 Å². The molecular weight excluding hydrogens is 378 g/mol. The first-order chi connectivity index (χ1) is 13.8. The van der Waals surface area contributed by atoms with Crippen LogP contribution in [0.2, 0.25) is 0 Å². The van der Waals surface area contributed by atoms with Crippen molar-refractivity contribution in [1.82, 2.24) is 5.32 Å². The average Bonchev–Trinajstić information content (AvgIpc) is 2.73. The Balaban J connectivity index is 1.79. The van der Waals surface area contributed by atoms with Gasteiger partial charge in [0.1, 0.15) is 0 Å². The lowest BCUT2D eigenvalue weighted by Gasteiger charge is -2.20. The molecule has 1 aliphatic rings. The lowest BCUT2D eigenvalue weighted by atomic mass is 10.0. The van der Waals surface area contributed by atoms with Crippen LogP contribution in [-0.2, 0) is 16.0 Å². The van der Waals surface area contributed by atoms with Gasteiger partial charge in [0.2, 0.25) is 11.5 Å². The van der Waals surface area contributed by atoms with Gasteiger partial charge in [-0.2, -0.15) is 0 Å². The summed E-state index contributed by atoms with van der Waals surface area (Å²) in [5.74, 6) is -4.16. The van der Waals surface area contributed by atoms with E-state index in [0.717, 1.165) is 30.2 Å². The van der Waals surface area contributed by atoms with Crippen molar-refractivity contribution in [2.75, 3.05) is 6.54 Å². The van der Waals surface area contributed by atoms with Crippen LogP contribution in [0.3, 0.4) is 0 Å². The first kappa shape index (κ1) is 20.4. The lowest BCUT2D eigenvalue weighted by Crippen LogP contribution is -2.32. The average molecular weight is 399 g/mol. The van der Waals surface area contributed by atoms with Crippen LogP contribution in [0.25, 0.3) is 0 Å². The highest BCUT2D eigenvalue weighted by Crippen LogP contribution is 2.47. The second kappa shape index (κ2) is 8.76. The third kappa shape index (κ3) is 4.92. The number of carbonyl (C=O) groups is 2. The van der Waals surface area contributed by atoms with E-state index >= 15 is 0 Å². The van der Waals surface area contributed by atoms with Crippen molar-refractivity contribution < 1.29 is 34.4 Å². The predicted molar refractivity (Wildman–Crippen MR) is 103 cm³/mol. The summed E-state index contributed by atoms with van der Waals surface area (Å²) in [6.07, 6.45) is 1.14. The zero-order valence-corrected chi connectivity index (χ0v) is 15.7. The van der Waals surface area contributed by atoms with E-state index in [2.05, 4.69) is 5.32 Å². The Hall–Kier alpha value is -3.36. The molecule has 1 heterocycles. The van der Waals surface area contributed by atoms with E-state index in [1.807, 2.05) is 37.3 Å². The van der Waals surface area contributed by atoms with Crippen LogP contribution in [0.4, 0.5) is 0 Å². The second-order valence-corrected chi connectivity index (χ2v) is 6.68. The largest absolute Gasteiger partial charge is 0.504 e. The fourth-order valence-corrected chi connectivity index (χ4v) is 2.96. The smallest absolute Gasteiger partial charge is 0.336 e. The molecule has 0 spiro atoms. The molecular formula is C21H21NO7. The SMILES string of the molecule is C[C@H](Cc1ccccc1)NC[C@H](O)c1cc(O)c2c(O)c1OC(=O)/C=C/C(=O)O2. The number of carbonyl (C=O) groups excluding carboxylic acids is 2. The molecule has 2 atom stereocenters. The Kier molecular flexibility index (Phi) is 6.16. The van der Waals surface area contributed by atoms with Crippen molar-refractivity contribution in [1.29, 1.82) is 0 Å². The summed E-state index contributed by atoms with van der Waals surface area (Å²) in [4.78, 5) is 23.4. The van der Waals surface area contributed by atoms with Crippen LogP contribution in [0.15, 0.2) is 48.6 Å². The van der Waals surface area contributed by atoms with Gasteiger partial charge >= 0.3 is 11.9 Å². The molecule has 1 aliphatic heterocycles. The first-order valence-electron chi connectivity index (χ1n) is 9.01. The zero-order chi connectivity index (χ0) is 21.0. The summed E-state index contributed by atoms with van der Waals surface area (Å²) in [5, 5.41) is 34.2. The molecule has 0 aliphatic carbocycles. The Labute approximate surface area is 167 Å². The number of hydrogen-bond donors (Lipinski definition) is 4. The minimum Gasteiger partial charge on any atom is -0.504 e. The number of aromatic hydroxyl groups is 2. The zero-order valence-electron chi connectivity index (χ0n) is 15.7. The van der Waals surface area contributed by atoms with Crippen molar-refractivity contribution >= 4 is 11.9 Å². The maximum atomic E-state index is 11.8. The molecule has 8 nitrogen and oxygen atoms in total. The fraction of sp³-hybridized carbons (Fsp3) is 0.238. The Bertz CT molecular complexity index is 940. The topological polar surface area (TPSA) is 125 Å². The van der Waals surface area contributed by atoms with Gasteiger partial charge in [0, 0.05) is 30.3 Å². The third-order valence-electron chi connectivity index (χ3n) is 4.38. The Morgan fingerprint density at radius 2 is 1.62 bits per heavy atom. The monoisotopic (exact) mass is 399 g/mol. The van der Waals surface area contributed by atoms with Crippen LogP contribution < -0.4 is 14.8 Å². The molecule has 2 aromatic rings. The van der Waals surface area contributed by atoms with Crippen molar-refractivity contribution in [3.05, 3.63) is 59.7 Å². The number of aliphatic hydroxyl groups is 1. The van der Waals surface area contributed by atoms with Gasteiger partial charge in [-0.25, -0.2) is 9.59 Å². The molecule has 8 heteroatoms. The highest BCUT2D eigenvalue weighted by Gasteiger charge is 2.28. The van der Waals surface area contributed by atoms with E-state index in [-0.39, 0.29) is 23.9 Å². The van der Waals surface area contributed by atoms with Gasteiger partial charge in [-0.3, -0.25) is 0 Å². The molecule has 3 rings (SSSR count). The molecule has 4 N–H and O–H groups in total. The molecule has 2 bridgehead atoms. The molecule has 0 aromatic heterocycles. The summed E-state index contributed by atoms with van der Waals surface area (Å²) in [7, 11) is 0. The van der Waals surface area contributed by atoms with E-state index in [0.29, 0.717) is 0 Å². The summed E-state index contributed by atoms with van der Waals surface area (Å²) in [6.45, 7) is 2.01. The Morgan fingerprint density at radius 1 is 1.00 bits per heavy atom. The molecule has 0 radical (unpaired) electrons. The van der Waals surface area contributed by atoms with Gasteiger partial charge in [0.25, 0.3) is 0 Å². The summed E-state index contributed by atoms with van der Waals surface area (Å²) in [5.41, 5.74) is 1.10. The van der Waals surface area contributed by atoms with Crippen LogP contribution in [0, 0.1) is 0 Å². The molecule has 0 unspecified atom stereocenters. The van der Waals surface area contributed by atoms with Crippen molar-refractivity contribution in [3.8, 4) is 23.0 Å². The number of benzene rings is 2. The summed E-state index contributed by atoms with van der Waals surface area (Å²) in [6, 6.07) is 10.9. The highest BCUT2D eigenvalue weighted by molar-refractivity contribution is 5.95. The van der Waals surface area contributed by atoms with E-state index in [1.165, 1.54) is 0 Å². The molecule has 152 valence electrons. The van der Waals surface area contributed by atoms with Crippen molar-refractivity contribution in [2.45, 2.75) is 25.5 Å². The van der Waals surface area contributed by atoms with Crippen LogP contribution in [0.5, 0.6) is 23.0 Å². The number of nitrogens with one attached hydrogen (secondary N) is 1. The molecule has 0 amide bonds. The minimum atomic E-state index is -1.22. The molecule has 0 saturated heterocycles. The molecule has 0 fully saturated rings. The molecule has 29 heavy (non-hydrogen) atoms. The fourth-order valence-electron chi connectivity index (χ4n) is 2.96. The lowest BCUT2D eigenvalue weighted by molar-refractivity contribution is -0.131. The third-order valence-corrected chi connectivity index (χ3v) is 4.38. The van der Waals surface area contributed by atoms with Crippen LogP contribution in [-0.4, -0.2) is 39.8 Å². The van der Waals surface area contributed by atoms with Gasteiger partial charge in [-0.05, 0) is 25.0 Å². The van der Waals surface area contributed by atoms with Gasteiger partial charge in [-0.1, -0.05) is 30.3 Å². The predicted octanol–water partition coefficient (Wildman–Crippen LogP) is 1.73. The van der Waals surface area contributed by atoms with E-state index < -0.39 is 35.3 Å². The number of phenols is 2. The molecule has 0 saturated carbocycles. The van der Waals surface area contributed by atoms with Gasteiger partial charge < -0.3 is 30.1 Å². The van der Waals surface area contributed by atoms with Gasteiger partial charge in [0.15, 0.2) is 11.5 Å². The van der Waals surface area contributed by atoms with E-state index in [4.69, 9.17) is 9.47 Å². The second-order valence-electron chi connectivity index (χ2n) is 6.68. The van der Waals surface area contributed by atoms with Crippen LogP contribution in [0.1, 0.15) is 24.2 Å².